The number of halogens is 8. The van der Waals surface area contributed by atoms with Crippen molar-refractivity contribution in [1.82, 2.24) is 4.98 Å². The zero-order valence-corrected chi connectivity index (χ0v) is 26.7. The van der Waals surface area contributed by atoms with Crippen molar-refractivity contribution in [2.24, 2.45) is 0 Å². The van der Waals surface area contributed by atoms with Gasteiger partial charge in [-0.15, -0.1) is 11.3 Å². The van der Waals surface area contributed by atoms with Crippen molar-refractivity contribution < 1.29 is 40.7 Å². The van der Waals surface area contributed by atoms with E-state index in [-0.39, 0.29) is 51.1 Å². The number of carbonyl (C=O) groups is 3. The molecule has 0 saturated carbocycles. The van der Waals surface area contributed by atoms with Gasteiger partial charge in [0.15, 0.2) is 5.82 Å². The maximum Gasteiger partial charge on any atom is 0.433 e. The summed E-state index contributed by atoms with van der Waals surface area (Å²) in [6.45, 7) is 0.0798. The molecule has 16 heteroatoms. The van der Waals surface area contributed by atoms with Crippen LogP contribution in [0.2, 0.25) is 10.2 Å². The van der Waals surface area contributed by atoms with E-state index >= 15 is 0 Å². The highest BCUT2D eigenvalue weighted by atomic mass is 35.5. The Kier molecular flexibility index (Phi) is 9.13. The monoisotopic (exact) mass is 734 g/mol. The summed E-state index contributed by atoms with van der Waals surface area (Å²) in [6.07, 6.45) is -4.49. The van der Waals surface area contributed by atoms with Gasteiger partial charge in [0.1, 0.15) is 22.5 Å². The zero-order chi connectivity index (χ0) is 35.2. The largest absolute Gasteiger partial charge is 0.433 e. The summed E-state index contributed by atoms with van der Waals surface area (Å²) in [4.78, 5) is 44.8. The maximum absolute atomic E-state index is 14.6. The number of hydrogen-bond donors (Lipinski definition) is 2. The number of benzene rings is 3. The van der Waals surface area contributed by atoms with Crippen LogP contribution in [0.1, 0.15) is 41.6 Å². The molecule has 250 valence electrons. The first-order chi connectivity index (χ1) is 23.2. The van der Waals surface area contributed by atoms with Crippen molar-refractivity contribution in [3.05, 3.63) is 128 Å². The molecular weight excluding hydrogens is 717 g/mol. The van der Waals surface area contributed by atoms with Crippen LogP contribution in [0, 0.1) is 17.5 Å². The molecule has 1 aliphatic heterocycles. The number of aromatic nitrogens is 1. The zero-order valence-electron chi connectivity index (χ0n) is 24.4. The number of thiophene rings is 1. The molecule has 0 aliphatic carbocycles. The third kappa shape index (κ3) is 6.98. The fourth-order valence-corrected chi connectivity index (χ4v) is 6.71. The van der Waals surface area contributed by atoms with Crippen LogP contribution in [0.5, 0.6) is 0 Å². The third-order valence-electron chi connectivity index (χ3n) is 7.40. The molecule has 3 amide bonds. The van der Waals surface area contributed by atoms with Crippen molar-refractivity contribution in [3.8, 4) is 10.4 Å². The second-order valence-electron chi connectivity index (χ2n) is 10.6. The first kappa shape index (κ1) is 34.0. The lowest BCUT2D eigenvalue weighted by molar-refractivity contribution is -0.141. The van der Waals surface area contributed by atoms with Gasteiger partial charge in [0, 0.05) is 34.3 Å². The van der Waals surface area contributed by atoms with Crippen LogP contribution in [-0.4, -0.2) is 29.3 Å². The predicted molar refractivity (Wildman–Crippen MR) is 173 cm³/mol. The molecule has 6 rings (SSSR count). The highest BCUT2D eigenvalue weighted by Crippen LogP contribution is 2.43. The lowest BCUT2D eigenvalue weighted by atomic mass is 10.1. The highest BCUT2D eigenvalue weighted by molar-refractivity contribution is 7.17. The van der Waals surface area contributed by atoms with E-state index < -0.39 is 52.2 Å². The van der Waals surface area contributed by atoms with Crippen molar-refractivity contribution >= 4 is 69.3 Å². The number of fused-ring (bicyclic) bond motifs is 3. The molecule has 49 heavy (non-hydrogen) atoms. The molecule has 0 fully saturated rings. The van der Waals surface area contributed by atoms with Gasteiger partial charge < -0.3 is 15.5 Å². The van der Waals surface area contributed by atoms with Crippen molar-refractivity contribution in [2.75, 3.05) is 22.1 Å². The van der Waals surface area contributed by atoms with E-state index in [1.807, 2.05) is 0 Å². The van der Waals surface area contributed by atoms with Gasteiger partial charge in [-0.05, 0) is 78.7 Å². The summed E-state index contributed by atoms with van der Waals surface area (Å²) in [7, 11) is 0. The topological polar surface area (TPSA) is 91.4 Å². The summed E-state index contributed by atoms with van der Waals surface area (Å²) in [5, 5.41) is 3.88. The van der Waals surface area contributed by atoms with Gasteiger partial charge in [0.2, 0.25) is 0 Å². The standard InChI is InChI=1S/C33H18Cl2F6N4O3S/c34-22-12-18(37)13-23(38)27(22)44-31(47)25-11-16-9-10-45(24-14-17(36)3-6-20(24)28(16)49-25)32(48)15-1-4-19(5-2-15)42-30(46)21-7-8-26(33(39,40)41)43-29(21)35/h1-8,11-14H,9-10H2,(H,42,46)(H,44,47). The second-order valence-corrected chi connectivity index (χ2v) is 12.4. The highest BCUT2D eigenvalue weighted by Gasteiger charge is 2.33. The first-order valence-corrected chi connectivity index (χ1v) is 15.6. The molecule has 0 saturated heterocycles. The van der Waals surface area contributed by atoms with Gasteiger partial charge in [0.05, 0.1) is 26.8 Å². The van der Waals surface area contributed by atoms with Crippen molar-refractivity contribution in [2.45, 2.75) is 12.6 Å². The van der Waals surface area contributed by atoms with E-state index in [1.165, 1.54) is 47.4 Å². The number of nitrogens with zero attached hydrogens (tertiary/aromatic N) is 2. The number of rotatable bonds is 5. The molecule has 1 aliphatic rings. The molecular formula is C33H18Cl2F6N4O3S. The molecule has 0 unspecified atom stereocenters. The Morgan fingerprint density at radius 1 is 0.837 bits per heavy atom. The Balaban J connectivity index is 1.22. The Hall–Kier alpha value is -4.92. The minimum atomic E-state index is -4.74. The summed E-state index contributed by atoms with van der Waals surface area (Å²) in [5.41, 5.74) is -0.203. The summed E-state index contributed by atoms with van der Waals surface area (Å²) >= 11 is 12.8. The van der Waals surface area contributed by atoms with E-state index in [1.54, 1.807) is 6.07 Å². The van der Waals surface area contributed by atoms with Gasteiger partial charge in [-0.1, -0.05) is 23.2 Å². The molecule has 3 aromatic carbocycles. The van der Waals surface area contributed by atoms with Crippen molar-refractivity contribution in [1.29, 1.82) is 0 Å². The van der Waals surface area contributed by atoms with Crippen LogP contribution < -0.4 is 15.5 Å². The van der Waals surface area contributed by atoms with Crippen molar-refractivity contribution in [3.63, 3.8) is 0 Å². The number of carbonyl (C=O) groups excluding carboxylic acids is 3. The lowest BCUT2D eigenvalue weighted by Crippen LogP contribution is -2.32. The van der Waals surface area contributed by atoms with Crippen LogP contribution in [0.4, 0.5) is 43.4 Å². The minimum absolute atomic E-state index is 0.0798. The lowest BCUT2D eigenvalue weighted by Gasteiger charge is -2.23. The molecule has 2 aromatic heterocycles. The normalized spacial score (nSPS) is 12.5. The predicted octanol–water partition coefficient (Wildman–Crippen LogP) is 9.26. The van der Waals surface area contributed by atoms with Crippen LogP contribution in [0.3, 0.4) is 0 Å². The fraction of sp³-hybridized carbons (Fsp3) is 0.0909. The van der Waals surface area contributed by atoms with Gasteiger partial charge in [0.25, 0.3) is 17.7 Å². The van der Waals surface area contributed by atoms with Gasteiger partial charge >= 0.3 is 6.18 Å². The van der Waals surface area contributed by atoms with E-state index in [2.05, 4.69) is 15.6 Å². The van der Waals surface area contributed by atoms with Crippen LogP contribution in [-0.2, 0) is 12.6 Å². The van der Waals surface area contributed by atoms with E-state index in [0.717, 1.165) is 23.5 Å². The summed E-state index contributed by atoms with van der Waals surface area (Å²) < 4.78 is 81.0. The van der Waals surface area contributed by atoms with E-state index in [4.69, 9.17) is 23.2 Å². The van der Waals surface area contributed by atoms with Crippen LogP contribution in [0.25, 0.3) is 10.4 Å². The molecule has 0 spiro atoms. The molecule has 0 radical (unpaired) electrons. The van der Waals surface area contributed by atoms with E-state index in [9.17, 15) is 40.7 Å². The average molecular weight is 735 g/mol. The van der Waals surface area contributed by atoms with Crippen LogP contribution in [0.15, 0.2) is 72.8 Å². The average Bonchev–Trinajstić information content (AvgIpc) is 3.40. The molecule has 0 atom stereocenters. The Morgan fingerprint density at radius 3 is 2.24 bits per heavy atom. The molecule has 7 nitrogen and oxygen atoms in total. The summed E-state index contributed by atoms with van der Waals surface area (Å²) in [6, 6.07) is 14.0. The van der Waals surface area contributed by atoms with E-state index in [0.29, 0.717) is 28.1 Å². The molecule has 2 N–H and O–H groups in total. The number of amides is 3. The number of hydrogen-bond acceptors (Lipinski definition) is 5. The molecule has 5 aromatic rings. The first-order valence-electron chi connectivity index (χ1n) is 14.0. The SMILES string of the molecule is O=C(Nc1c(F)cc(F)cc1Cl)c1cc2c(s1)-c1ccc(F)cc1N(C(=O)c1ccc(NC(=O)c3ccc(C(F)(F)F)nc3Cl)cc1)CC2. The summed E-state index contributed by atoms with van der Waals surface area (Å²) in [5.74, 6) is -4.62. The minimum Gasteiger partial charge on any atom is -0.322 e. The second kappa shape index (κ2) is 13.2. The number of alkyl halides is 3. The number of pyridine rings is 1. The molecule has 0 bridgehead atoms. The Bertz CT molecular complexity index is 2130. The maximum atomic E-state index is 14.6. The molecule has 3 heterocycles. The number of anilines is 3. The smallest absolute Gasteiger partial charge is 0.322 e. The number of nitrogens with one attached hydrogen (secondary N) is 2. The van der Waals surface area contributed by atoms with Gasteiger partial charge in [-0.2, -0.15) is 13.2 Å². The fourth-order valence-electron chi connectivity index (χ4n) is 5.09. The van der Waals surface area contributed by atoms with Gasteiger partial charge in [-0.25, -0.2) is 18.2 Å². The third-order valence-corrected chi connectivity index (χ3v) is 9.19. The van der Waals surface area contributed by atoms with Crippen LogP contribution >= 0.6 is 34.5 Å². The van der Waals surface area contributed by atoms with Gasteiger partial charge in [-0.3, -0.25) is 14.4 Å². The Labute approximate surface area is 287 Å². The quantitative estimate of drug-likeness (QED) is 0.139. The Morgan fingerprint density at radius 2 is 1.57 bits per heavy atom.